The van der Waals surface area contributed by atoms with E-state index in [9.17, 15) is 26.4 Å². The first-order valence-corrected chi connectivity index (χ1v) is 12.0. The molecule has 1 aromatic heterocycles. The molecular weight excluding hydrogens is 452 g/mol. The maximum atomic E-state index is 12.9. The molecule has 2 amide bonds. The Labute approximate surface area is 178 Å². The number of aryl methyl sites for hydroxylation is 1. The van der Waals surface area contributed by atoms with Crippen LogP contribution < -0.4 is 19.1 Å². The topological polar surface area (TPSA) is 165 Å². The van der Waals surface area contributed by atoms with Crippen molar-refractivity contribution in [2.45, 2.75) is 31.2 Å². The molecule has 0 bridgehead atoms. The summed E-state index contributed by atoms with van der Waals surface area (Å²) in [7, 11) is -7.02. The predicted octanol–water partition coefficient (Wildman–Crippen LogP) is 0.364. The number of hydrogen-bond acceptors (Lipinski definition) is 9. The number of amides is 2. The van der Waals surface area contributed by atoms with Crippen molar-refractivity contribution >= 4 is 43.4 Å². The smallest absolute Gasteiger partial charge is 0.245 e. The second kappa shape index (κ2) is 8.28. The minimum absolute atomic E-state index is 0.0972. The van der Waals surface area contributed by atoms with Crippen LogP contribution in [-0.2, 0) is 29.6 Å². The largest absolute Gasteiger partial charge is 0.495 e. The van der Waals surface area contributed by atoms with Crippen molar-refractivity contribution in [1.82, 2.24) is 9.88 Å². The normalized spacial score (nSPS) is 16.9. The predicted molar refractivity (Wildman–Crippen MR) is 109 cm³/mol. The van der Waals surface area contributed by atoms with Crippen LogP contribution in [0.5, 0.6) is 5.75 Å². The summed E-state index contributed by atoms with van der Waals surface area (Å²) >= 11 is 0. The molecule has 168 valence electrons. The van der Waals surface area contributed by atoms with Gasteiger partial charge < -0.3 is 14.6 Å². The van der Waals surface area contributed by atoms with Gasteiger partial charge in [-0.25, -0.2) is 21.1 Å². The molecule has 0 aliphatic carbocycles. The summed E-state index contributed by atoms with van der Waals surface area (Å²) < 4.78 is 62.9. The van der Waals surface area contributed by atoms with Crippen LogP contribution in [-0.4, -0.2) is 52.7 Å². The molecule has 2 heterocycles. The summed E-state index contributed by atoms with van der Waals surface area (Å²) in [6.07, 6.45) is -0.201. The van der Waals surface area contributed by atoms with E-state index in [4.69, 9.17) is 9.26 Å². The first-order chi connectivity index (χ1) is 14.4. The number of anilines is 2. The zero-order valence-corrected chi connectivity index (χ0v) is 18.4. The highest BCUT2D eigenvalue weighted by atomic mass is 32.2. The maximum Gasteiger partial charge on any atom is 0.245 e. The number of methoxy groups -OCH3 is 1. The number of rotatable bonds is 7. The van der Waals surface area contributed by atoms with E-state index in [0.29, 0.717) is 10.1 Å². The summed E-state index contributed by atoms with van der Waals surface area (Å²) in [5.41, 5.74) is -0.140. The van der Waals surface area contributed by atoms with Gasteiger partial charge in [0, 0.05) is 12.5 Å². The Hall–Kier alpha value is -2.97. The quantitative estimate of drug-likeness (QED) is 0.579. The molecule has 2 aromatic rings. The van der Waals surface area contributed by atoms with Crippen LogP contribution in [0.4, 0.5) is 11.5 Å². The van der Waals surface area contributed by atoms with Crippen molar-refractivity contribution in [3.05, 3.63) is 30.0 Å². The lowest BCUT2D eigenvalue weighted by Gasteiger charge is -2.19. The van der Waals surface area contributed by atoms with Crippen molar-refractivity contribution in [2.75, 3.05) is 22.5 Å². The fourth-order valence-electron chi connectivity index (χ4n) is 2.88. The number of ether oxygens (including phenoxy) is 1. The highest BCUT2D eigenvalue weighted by Gasteiger charge is 2.37. The van der Waals surface area contributed by atoms with Crippen molar-refractivity contribution in [3.63, 3.8) is 0 Å². The van der Waals surface area contributed by atoms with Crippen molar-refractivity contribution < 1.29 is 35.7 Å². The van der Waals surface area contributed by atoms with E-state index in [1.54, 1.807) is 6.92 Å². The maximum absolute atomic E-state index is 12.9. The summed E-state index contributed by atoms with van der Waals surface area (Å²) in [6.45, 7) is 2.93. The minimum Gasteiger partial charge on any atom is -0.495 e. The lowest BCUT2D eigenvalue weighted by atomic mass is 10.3. The van der Waals surface area contributed by atoms with Gasteiger partial charge in [0.1, 0.15) is 16.4 Å². The molecule has 1 aromatic carbocycles. The molecule has 1 atom stereocenters. The van der Waals surface area contributed by atoms with E-state index in [2.05, 4.69) is 15.2 Å². The summed E-state index contributed by atoms with van der Waals surface area (Å²) in [5, 5.41) is 6.00. The van der Waals surface area contributed by atoms with Gasteiger partial charge in [0.05, 0.1) is 24.6 Å². The number of carbonyl (C=O) groups excluding carboxylic acids is 2. The van der Waals surface area contributed by atoms with E-state index in [1.165, 1.54) is 32.2 Å². The molecule has 1 aliphatic rings. The fourth-order valence-corrected chi connectivity index (χ4v) is 5.72. The first-order valence-electron chi connectivity index (χ1n) is 8.95. The van der Waals surface area contributed by atoms with E-state index in [0.717, 1.165) is 6.07 Å². The zero-order chi connectivity index (χ0) is 23.0. The first kappa shape index (κ1) is 22.7. The standard InChI is InChI=1S/C17H20N4O8S2/c1-10-8-15(19-29-10)18-17(23)11(2)20-31(26,27)14-9-12(4-5-13(14)28-3)21-16(22)6-7-30(21,24)25/h4-5,8-9,11,20H,6-7H2,1-3H3,(H,18,19,23)/t11-/m1/s1. The summed E-state index contributed by atoms with van der Waals surface area (Å²) in [4.78, 5) is 23.9. The zero-order valence-electron chi connectivity index (χ0n) is 16.8. The molecule has 0 unspecified atom stereocenters. The number of sulfonamides is 2. The van der Waals surface area contributed by atoms with Gasteiger partial charge in [-0.05, 0) is 32.0 Å². The summed E-state index contributed by atoms with van der Waals surface area (Å²) in [6, 6.07) is 3.73. The molecule has 14 heteroatoms. The van der Waals surface area contributed by atoms with Crippen LogP contribution in [0.3, 0.4) is 0 Å². The van der Waals surface area contributed by atoms with E-state index >= 15 is 0 Å². The molecule has 0 spiro atoms. The van der Waals surface area contributed by atoms with Crippen molar-refractivity contribution in [1.29, 1.82) is 0 Å². The second-order valence-corrected chi connectivity index (χ2v) is 10.3. The molecule has 0 saturated carbocycles. The highest BCUT2D eigenvalue weighted by Crippen LogP contribution is 2.32. The van der Waals surface area contributed by atoms with Crippen molar-refractivity contribution in [3.8, 4) is 5.75 Å². The van der Waals surface area contributed by atoms with Gasteiger partial charge in [0.25, 0.3) is 0 Å². The summed E-state index contributed by atoms with van der Waals surface area (Å²) in [5.74, 6) is -1.26. The third-order valence-electron chi connectivity index (χ3n) is 4.35. The van der Waals surface area contributed by atoms with Crippen molar-refractivity contribution in [2.24, 2.45) is 0 Å². The van der Waals surface area contributed by atoms with Gasteiger partial charge in [-0.15, -0.1) is 0 Å². The molecule has 12 nitrogen and oxygen atoms in total. The van der Waals surface area contributed by atoms with Crippen LogP contribution in [0, 0.1) is 6.92 Å². The van der Waals surface area contributed by atoms with Gasteiger partial charge in [-0.3, -0.25) is 9.59 Å². The van der Waals surface area contributed by atoms with Gasteiger partial charge in [0.2, 0.25) is 31.9 Å². The average Bonchev–Trinajstić information content (AvgIpc) is 3.22. The third kappa shape index (κ3) is 4.70. The van der Waals surface area contributed by atoms with Gasteiger partial charge in [-0.1, -0.05) is 5.16 Å². The number of nitrogens with one attached hydrogen (secondary N) is 2. The lowest BCUT2D eigenvalue weighted by molar-refractivity contribution is -0.117. The van der Waals surface area contributed by atoms with Gasteiger partial charge in [0.15, 0.2) is 5.82 Å². The van der Waals surface area contributed by atoms with E-state index in [1.807, 2.05) is 0 Å². The van der Waals surface area contributed by atoms with E-state index in [-0.39, 0.29) is 29.4 Å². The number of benzene rings is 1. The molecular formula is C17H20N4O8S2. The molecule has 31 heavy (non-hydrogen) atoms. The fraction of sp³-hybridized carbons (Fsp3) is 0.353. The Balaban J connectivity index is 1.89. The minimum atomic E-state index is -4.35. The monoisotopic (exact) mass is 472 g/mol. The van der Waals surface area contributed by atoms with Crippen LogP contribution in [0.2, 0.25) is 0 Å². The van der Waals surface area contributed by atoms with Crippen LogP contribution in [0.1, 0.15) is 19.1 Å². The Kier molecular flexibility index (Phi) is 6.07. The van der Waals surface area contributed by atoms with Gasteiger partial charge >= 0.3 is 0 Å². The highest BCUT2D eigenvalue weighted by molar-refractivity contribution is 7.94. The third-order valence-corrected chi connectivity index (χ3v) is 7.61. The molecule has 0 radical (unpaired) electrons. The Bertz CT molecular complexity index is 1240. The Morgan fingerprint density at radius 1 is 1.32 bits per heavy atom. The molecule has 2 N–H and O–H groups in total. The number of hydrogen-bond donors (Lipinski definition) is 2. The number of aromatic nitrogens is 1. The molecule has 1 fully saturated rings. The van der Waals surface area contributed by atoms with Gasteiger partial charge in [-0.2, -0.15) is 4.72 Å². The number of carbonyl (C=O) groups is 2. The van der Waals surface area contributed by atoms with Crippen LogP contribution >= 0.6 is 0 Å². The molecule has 1 saturated heterocycles. The lowest BCUT2D eigenvalue weighted by Crippen LogP contribution is -2.41. The number of nitrogens with zero attached hydrogens (tertiary/aromatic N) is 2. The molecule has 1 aliphatic heterocycles. The van der Waals surface area contributed by atoms with Crippen LogP contribution in [0.15, 0.2) is 33.7 Å². The Morgan fingerprint density at radius 2 is 2.03 bits per heavy atom. The van der Waals surface area contributed by atoms with Crippen LogP contribution in [0.25, 0.3) is 0 Å². The Morgan fingerprint density at radius 3 is 2.58 bits per heavy atom. The SMILES string of the molecule is COc1ccc(N2C(=O)CCS2(=O)=O)cc1S(=O)(=O)N[C@H](C)C(=O)Nc1cc(C)on1. The molecule has 3 rings (SSSR count). The second-order valence-electron chi connectivity index (χ2n) is 6.71. The average molecular weight is 473 g/mol. The van der Waals surface area contributed by atoms with E-state index < -0.39 is 42.8 Å².